The Kier molecular flexibility index (Phi) is 6.33. The van der Waals surface area contributed by atoms with Gasteiger partial charge in [0, 0.05) is 17.8 Å². The smallest absolute Gasteiger partial charge is 0.240 e. The molecule has 0 aromatic heterocycles. The SMILES string of the molecule is CC/C(C)=N/N=C1\NC(=O)[C@H](CC(=O)Nc2ccc(F)c(Cl)c2)S1. The van der Waals surface area contributed by atoms with Gasteiger partial charge in [0.05, 0.1) is 5.02 Å². The highest BCUT2D eigenvalue weighted by Gasteiger charge is 2.32. The molecule has 0 unspecified atom stereocenters. The molecule has 6 nitrogen and oxygen atoms in total. The van der Waals surface area contributed by atoms with E-state index in [-0.39, 0.29) is 23.3 Å². The van der Waals surface area contributed by atoms with E-state index in [1.165, 1.54) is 12.1 Å². The summed E-state index contributed by atoms with van der Waals surface area (Å²) in [6, 6.07) is 3.87. The fourth-order valence-corrected chi connectivity index (χ4v) is 2.84. The van der Waals surface area contributed by atoms with Crippen LogP contribution in [-0.2, 0) is 9.59 Å². The van der Waals surface area contributed by atoms with Crippen LogP contribution in [0, 0.1) is 5.82 Å². The minimum atomic E-state index is -0.586. The molecule has 9 heteroatoms. The summed E-state index contributed by atoms with van der Waals surface area (Å²) < 4.78 is 13.1. The molecule has 2 rings (SSSR count). The molecule has 2 amide bonds. The van der Waals surface area contributed by atoms with Crippen molar-refractivity contribution in [2.24, 2.45) is 10.2 Å². The molecule has 1 aliphatic heterocycles. The first kappa shape index (κ1) is 18.4. The molecule has 0 aliphatic carbocycles. The van der Waals surface area contributed by atoms with E-state index < -0.39 is 11.1 Å². The topological polar surface area (TPSA) is 82.9 Å². The van der Waals surface area contributed by atoms with Gasteiger partial charge in [0.25, 0.3) is 0 Å². The maximum Gasteiger partial charge on any atom is 0.240 e. The summed E-state index contributed by atoms with van der Waals surface area (Å²) in [6.07, 6.45) is 0.725. The fourth-order valence-electron chi connectivity index (χ4n) is 1.74. The van der Waals surface area contributed by atoms with E-state index in [2.05, 4.69) is 20.8 Å². The van der Waals surface area contributed by atoms with Crippen LogP contribution in [0.15, 0.2) is 28.4 Å². The van der Waals surface area contributed by atoms with Gasteiger partial charge < -0.3 is 10.6 Å². The van der Waals surface area contributed by atoms with Crippen LogP contribution in [0.1, 0.15) is 26.7 Å². The van der Waals surface area contributed by atoms with Crippen molar-refractivity contribution in [3.63, 3.8) is 0 Å². The van der Waals surface area contributed by atoms with Crippen molar-refractivity contribution in [3.8, 4) is 0 Å². The Bertz CT molecular complexity index is 723. The van der Waals surface area contributed by atoms with Gasteiger partial charge in [0.2, 0.25) is 11.8 Å². The first-order valence-electron chi connectivity index (χ1n) is 7.22. The lowest BCUT2D eigenvalue weighted by Crippen LogP contribution is -2.28. The van der Waals surface area contributed by atoms with Gasteiger partial charge in [0.15, 0.2) is 5.17 Å². The summed E-state index contributed by atoms with van der Waals surface area (Å²) in [5.74, 6) is -1.24. The summed E-state index contributed by atoms with van der Waals surface area (Å²) >= 11 is 6.81. The average molecular weight is 371 g/mol. The van der Waals surface area contributed by atoms with Crippen LogP contribution in [0.2, 0.25) is 5.02 Å². The molecule has 1 aromatic carbocycles. The monoisotopic (exact) mass is 370 g/mol. The van der Waals surface area contributed by atoms with Crippen LogP contribution in [0.5, 0.6) is 0 Å². The Morgan fingerprint density at radius 3 is 2.92 bits per heavy atom. The molecular weight excluding hydrogens is 355 g/mol. The van der Waals surface area contributed by atoms with E-state index in [0.29, 0.717) is 10.9 Å². The molecule has 0 bridgehead atoms. The van der Waals surface area contributed by atoms with E-state index in [1.54, 1.807) is 0 Å². The van der Waals surface area contributed by atoms with Crippen LogP contribution >= 0.6 is 23.4 Å². The fraction of sp³-hybridized carbons (Fsp3) is 0.333. The van der Waals surface area contributed by atoms with Crippen molar-refractivity contribution in [3.05, 3.63) is 29.0 Å². The van der Waals surface area contributed by atoms with Crippen LogP contribution in [-0.4, -0.2) is 27.9 Å². The number of amides is 2. The van der Waals surface area contributed by atoms with Gasteiger partial charge in [-0.25, -0.2) is 4.39 Å². The zero-order valence-electron chi connectivity index (χ0n) is 13.1. The van der Waals surface area contributed by atoms with Gasteiger partial charge in [-0.3, -0.25) is 9.59 Å². The summed E-state index contributed by atoms with van der Waals surface area (Å²) in [7, 11) is 0. The number of halogens is 2. The normalized spacial score (nSPS) is 19.5. The lowest BCUT2D eigenvalue weighted by molar-refractivity contribution is -0.122. The van der Waals surface area contributed by atoms with E-state index in [1.807, 2.05) is 13.8 Å². The second-order valence-corrected chi connectivity index (χ2v) is 6.67. The number of anilines is 1. The summed E-state index contributed by atoms with van der Waals surface area (Å²) in [4.78, 5) is 23.9. The molecule has 1 atom stereocenters. The van der Waals surface area contributed by atoms with Crippen molar-refractivity contribution < 1.29 is 14.0 Å². The molecule has 1 saturated heterocycles. The van der Waals surface area contributed by atoms with E-state index in [4.69, 9.17) is 11.6 Å². The van der Waals surface area contributed by atoms with Crippen molar-refractivity contribution in [2.45, 2.75) is 31.9 Å². The molecule has 0 radical (unpaired) electrons. The number of hydrogen-bond donors (Lipinski definition) is 2. The van der Waals surface area contributed by atoms with Crippen LogP contribution in [0.4, 0.5) is 10.1 Å². The molecule has 1 heterocycles. The molecule has 1 aromatic rings. The maximum absolute atomic E-state index is 13.1. The Hall–Kier alpha value is -1.93. The second-order valence-electron chi connectivity index (χ2n) is 5.07. The summed E-state index contributed by atoms with van der Waals surface area (Å²) in [5, 5.41) is 12.8. The van der Waals surface area contributed by atoms with Gasteiger partial charge in [-0.2, -0.15) is 5.10 Å². The average Bonchev–Trinajstić information content (AvgIpc) is 2.88. The zero-order valence-corrected chi connectivity index (χ0v) is 14.7. The van der Waals surface area contributed by atoms with Crippen LogP contribution in [0.25, 0.3) is 0 Å². The number of carbonyl (C=O) groups is 2. The second kappa shape index (κ2) is 8.25. The van der Waals surface area contributed by atoms with Crippen molar-refractivity contribution >= 4 is 51.7 Å². The molecule has 24 heavy (non-hydrogen) atoms. The number of nitrogens with one attached hydrogen (secondary N) is 2. The highest BCUT2D eigenvalue weighted by molar-refractivity contribution is 8.15. The molecular formula is C15H16ClFN4O2S. The lowest BCUT2D eigenvalue weighted by atomic mass is 10.2. The largest absolute Gasteiger partial charge is 0.326 e. The molecule has 0 saturated carbocycles. The van der Waals surface area contributed by atoms with Gasteiger partial charge in [-0.05, 0) is 31.5 Å². The third kappa shape index (κ3) is 5.04. The van der Waals surface area contributed by atoms with Gasteiger partial charge in [-0.1, -0.05) is 30.3 Å². The summed E-state index contributed by atoms with van der Waals surface area (Å²) in [5.41, 5.74) is 1.21. The quantitative estimate of drug-likeness (QED) is 0.616. The Morgan fingerprint density at radius 2 is 2.25 bits per heavy atom. The molecule has 1 aliphatic rings. The van der Waals surface area contributed by atoms with Crippen molar-refractivity contribution in [1.29, 1.82) is 0 Å². The first-order chi connectivity index (χ1) is 11.4. The van der Waals surface area contributed by atoms with Gasteiger partial charge >= 0.3 is 0 Å². The van der Waals surface area contributed by atoms with E-state index in [9.17, 15) is 14.0 Å². The molecule has 0 spiro atoms. The van der Waals surface area contributed by atoms with E-state index >= 15 is 0 Å². The third-order valence-electron chi connectivity index (χ3n) is 3.17. The Morgan fingerprint density at radius 1 is 1.50 bits per heavy atom. The number of hydrogen-bond acceptors (Lipinski definition) is 5. The Labute approximate surface area is 147 Å². The first-order valence-corrected chi connectivity index (χ1v) is 8.48. The van der Waals surface area contributed by atoms with Crippen LogP contribution < -0.4 is 10.6 Å². The summed E-state index contributed by atoms with van der Waals surface area (Å²) in [6.45, 7) is 3.79. The molecule has 1 fully saturated rings. The minimum Gasteiger partial charge on any atom is -0.326 e. The van der Waals surface area contributed by atoms with Crippen molar-refractivity contribution in [1.82, 2.24) is 5.32 Å². The lowest BCUT2D eigenvalue weighted by Gasteiger charge is -2.08. The standard InChI is InChI=1S/C15H16ClFN4O2S/c1-3-8(2)20-21-15-19-14(23)12(24-15)7-13(22)18-9-4-5-11(17)10(16)6-9/h4-6,12H,3,7H2,1-2H3,(H,18,22)(H,19,21,23)/b20-8+/t12-/m0/s1. The minimum absolute atomic E-state index is 0.0407. The predicted octanol–water partition coefficient (Wildman–Crippen LogP) is 3.18. The number of nitrogens with zero attached hydrogens (tertiary/aromatic N) is 2. The third-order valence-corrected chi connectivity index (χ3v) is 4.54. The Balaban J connectivity index is 1.94. The number of thioether (sulfide) groups is 1. The highest BCUT2D eigenvalue weighted by Crippen LogP contribution is 2.24. The van der Waals surface area contributed by atoms with Crippen LogP contribution in [0.3, 0.4) is 0 Å². The number of benzene rings is 1. The maximum atomic E-state index is 13.1. The highest BCUT2D eigenvalue weighted by atomic mass is 35.5. The predicted molar refractivity (Wildman–Crippen MR) is 95.0 cm³/mol. The molecule has 128 valence electrons. The zero-order chi connectivity index (χ0) is 17.7. The molecule has 2 N–H and O–H groups in total. The van der Waals surface area contributed by atoms with Crippen molar-refractivity contribution in [2.75, 3.05) is 5.32 Å². The number of amidine groups is 1. The number of carbonyl (C=O) groups excluding carboxylic acids is 2. The van der Waals surface area contributed by atoms with Gasteiger partial charge in [-0.15, -0.1) is 5.10 Å². The van der Waals surface area contributed by atoms with E-state index in [0.717, 1.165) is 30.0 Å². The van der Waals surface area contributed by atoms with Gasteiger partial charge in [0.1, 0.15) is 11.1 Å². The number of rotatable bonds is 5.